The van der Waals surface area contributed by atoms with Gasteiger partial charge in [0, 0.05) is 16.2 Å². The van der Waals surface area contributed by atoms with Gasteiger partial charge in [-0.25, -0.2) is 9.59 Å². The van der Waals surface area contributed by atoms with Crippen molar-refractivity contribution in [3.63, 3.8) is 0 Å². The van der Waals surface area contributed by atoms with Crippen molar-refractivity contribution < 1.29 is 23.8 Å². The highest BCUT2D eigenvalue weighted by Gasteiger charge is 2.37. The number of fused-ring (bicyclic) bond motifs is 1. The Morgan fingerprint density at radius 2 is 2.00 bits per heavy atom. The SMILES string of the molecule is COC(=O)C1=C(C)N(c2ccc3c(c2)OCO3)C(=O)N[C@H]1c1cccc(Br)c1. The minimum Gasteiger partial charge on any atom is -0.466 e. The van der Waals surface area contributed by atoms with Gasteiger partial charge in [0.1, 0.15) is 0 Å². The van der Waals surface area contributed by atoms with E-state index in [1.165, 1.54) is 12.0 Å². The number of esters is 1. The predicted octanol–water partition coefficient (Wildman–Crippen LogP) is 3.90. The molecule has 4 rings (SSSR count). The zero-order chi connectivity index (χ0) is 19.8. The number of hydrogen-bond donors (Lipinski definition) is 1. The Bertz CT molecular complexity index is 1000. The third-order valence-corrected chi connectivity index (χ3v) is 5.18. The van der Waals surface area contributed by atoms with Gasteiger partial charge in [0.2, 0.25) is 6.79 Å². The quantitative estimate of drug-likeness (QED) is 0.726. The van der Waals surface area contributed by atoms with Crippen LogP contribution in [-0.2, 0) is 9.53 Å². The highest BCUT2D eigenvalue weighted by Crippen LogP contribution is 2.39. The van der Waals surface area contributed by atoms with Crippen molar-refractivity contribution >= 4 is 33.6 Å². The summed E-state index contributed by atoms with van der Waals surface area (Å²) in [6.07, 6.45) is 0. The van der Waals surface area contributed by atoms with Gasteiger partial charge >= 0.3 is 12.0 Å². The average molecular weight is 445 g/mol. The summed E-state index contributed by atoms with van der Waals surface area (Å²) in [5, 5.41) is 2.91. The molecule has 144 valence electrons. The first-order valence-electron chi connectivity index (χ1n) is 8.54. The molecule has 28 heavy (non-hydrogen) atoms. The van der Waals surface area contributed by atoms with Gasteiger partial charge in [0.15, 0.2) is 11.5 Å². The van der Waals surface area contributed by atoms with Crippen molar-refractivity contribution in [2.45, 2.75) is 13.0 Å². The van der Waals surface area contributed by atoms with Crippen LogP contribution in [0.4, 0.5) is 10.5 Å². The smallest absolute Gasteiger partial charge is 0.337 e. The monoisotopic (exact) mass is 444 g/mol. The zero-order valence-electron chi connectivity index (χ0n) is 15.2. The Balaban J connectivity index is 1.82. The lowest BCUT2D eigenvalue weighted by Gasteiger charge is -2.35. The molecule has 2 aromatic rings. The number of urea groups is 1. The molecule has 0 fully saturated rings. The molecule has 0 saturated heterocycles. The van der Waals surface area contributed by atoms with Crippen molar-refractivity contribution in [2.75, 3.05) is 18.8 Å². The standard InChI is InChI=1S/C20H17BrN2O5/c1-11-17(19(24)26-2)18(12-4-3-5-13(21)8-12)22-20(25)23(11)14-6-7-15-16(9-14)28-10-27-15/h3-9,18H,10H2,1-2H3,(H,22,25)/t18-/m0/s1. The van der Waals surface area contributed by atoms with Crippen LogP contribution in [0.1, 0.15) is 18.5 Å². The van der Waals surface area contributed by atoms with E-state index in [4.69, 9.17) is 14.2 Å². The van der Waals surface area contributed by atoms with E-state index in [-0.39, 0.29) is 12.8 Å². The molecule has 1 atom stereocenters. The van der Waals surface area contributed by atoms with E-state index in [1.54, 1.807) is 25.1 Å². The molecule has 0 bridgehead atoms. The fraction of sp³-hybridized carbons (Fsp3) is 0.200. The Kier molecular flexibility index (Phi) is 4.72. The fourth-order valence-corrected chi connectivity index (χ4v) is 3.81. The Morgan fingerprint density at radius 1 is 1.21 bits per heavy atom. The van der Waals surface area contributed by atoms with E-state index < -0.39 is 12.0 Å². The summed E-state index contributed by atoms with van der Waals surface area (Å²) in [7, 11) is 1.32. The van der Waals surface area contributed by atoms with Crippen LogP contribution >= 0.6 is 15.9 Å². The third kappa shape index (κ3) is 3.09. The number of hydrogen-bond acceptors (Lipinski definition) is 5. The summed E-state index contributed by atoms with van der Waals surface area (Å²) in [5.74, 6) is 0.656. The number of halogens is 1. The second kappa shape index (κ2) is 7.20. The number of benzene rings is 2. The van der Waals surface area contributed by atoms with E-state index in [2.05, 4.69) is 21.2 Å². The van der Waals surface area contributed by atoms with Crippen LogP contribution in [0.25, 0.3) is 0 Å². The molecule has 0 saturated carbocycles. The van der Waals surface area contributed by atoms with Crippen molar-refractivity contribution in [1.82, 2.24) is 5.32 Å². The summed E-state index contributed by atoms with van der Waals surface area (Å²) in [4.78, 5) is 27.0. The number of allylic oxidation sites excluding steroid dienone is 1. The molecular weight excluding hydrogens is 428 g/mol. The lowest BCUT2D eigenvalue weighted by molar-refractivity contribution is -0.136. The number of nitrogens with zero attached hydrogens (tertiary/aromatic N) is 1. The van der Waals surface area contributed by atoms with E-state index >= 15 is 0 Å². The maximum Gasteiger partial charge on any atom is 0.337 e. The summed E-state index contributed by atoms with van der Waals surface area (Å²) in [6, 6.07) is 11.6. The third-order valence-electron chi connectivity index (χ3n) is 4.69. The largest absolute Gasteiger partial charge is 0.466 e. The molecule has 1 N–H and O–H groups in total. The number of amides is 2. The number of carbonyl (C=O) groups excluding carboxylic acids is 2. The second-order valence-electron chi connectivity index (χ2n) is 6.30. The highest BCUT2D eigenvalue weighted by molar-refractivity contribution is 9.10. The molecule has 2 aliphatic heterocycles. The molecular formula is C20H17BrN2O5. The molecule has 0 spiro atoms. The number of methoxy groups -OCH3 is 1. The van der Waals surface area contributed by atoms with Crippen LogP contribution in [0.15, 0.2) is 58.2 Å². The summed E-state index contributed by atoms with van der Waals surface area (Å²) >= 11 is 3.43. The average Bonchev–Trinajstić information content (AvgIpc) is 3.15. The number of rotatable bonds is 3. The van der Waals surface area contributed by atoms with Gasteiger partial charge in [-0.15, -0.1) is 0 Å². The normalized spacial score (nSPS) is 18.2. The summed E-state index contributed by atoms with van der Waals surface area (Å²) < 4.78 is 16.6. The van der Waals surface area contributed by atoms with Gasteiger partial charge in [-0.05, 0) is 36.8 Å². The predicted molar refractivity (Wildman–Crippen MR) is 105 cm³/mol. The molecule has 2 aliphatic rings. The molecule has 0 aliphatic carbocycles. The molecule has 2 heterocycles. The van der Waals surface area contributed by atoms with Gasteiger partial charge < -0.3 is 19.5 Å². The van der Waals surface area contributed by atoms with Gasteiger partial charge in [0.25, 0.3) is 0 Å². The van der Waals surface area contributed by atoms with Crippen molar-refractivity contribution in [3.8, 4) is 11.5 Å². The van der Waals surface area contributed by atoms with Crippen LogP contribution < -0.4 is 19.7 Å². The summed E-state index contributed by atoms with van der Waals surface area (Å²) in [5.41, 5.74) is 2.18. The molecule has 2 amide bonds. The zero-order valence-corrected chi connectivity index (χ0v) is 16.8. The second-order valence-corrected chi connectivity index (χ2v) is 7.22. The summed E-state index contributed by atoms with van der Waals surface area (Å²) in [6.45, 7) is 1.86. The number of anilines is 1. The molecule has 0 radical (unpaired) electrons. The van der Waals surface area contributed by atoms with Crippen molar-refractivity contribution in [1.29, 1.82) is 0 Å². The lowest BCUT2D eigenvalue weighted by Crippen LogP contribution is -2.48. The van der Waals surface area contributed by atoms with Crippen LogP contribution in [-0.4, -0.2) is 25.9 Å². The van der Waals surface area contributed by atoms with Gasteiger partial charge in [-0.1, -0.05) is 28.1 Å². The van der Waals surface area contributed by atoms with E-state index in [9.17, 15) is 9.59 Å². The van der Waals surface area contributed by atoms with Crippen LogP contribution in [0.3, 0.4) is 0 Å². The molecule has 8 heteroatoms. The van der Waals surface area contributed by atoms with Gasteiger partial charge in [0.05, 0.1) is 24.4 Å². The minimum absolute atomic E-state index is 0.137. The van der Waals surface area contributed by atoms with Gasteiger partial charge in [-0.3, -0.25) is 4.90 Å². The minimum atomic E-state index is -0.622. The maximum absolute atomic E-state index is 13.0. The van der Waals surface area contributed by atoms with E-state index in [0.717, 1.165) is 10.0 Å². The molecule has 2 aromatic carbocycles. The van der Waals surface area contributed by atoms with Crippen LogP contribution in [0.2, 0.25) is 0 Å². The Morgan fingerprint density at radius 3 is 2.75 bits per heavy atom. The first-order chi connectivity index (χ1) is 13.5. The number of ether oxygens (including phenoxy) is 3. The molecule has 7 nitrogen and oxygen atoms in total. The number of carbonyl (C=O) groups is 2. The van der Waals surface area contributed by atoms with Crippen LogP contribution in [0.5, 0.6) is 11.5 Å². The van der Waals surface area contributed by atoms with Crippen molar-refractivity contribution in [3.05, 3.63) is 63.8 Å². The Labute approximate surface area is 170 Å². The van der Waals surface area contributed by atoms with Crippen molar-refractivity contribution in [2.24, 2.45) is 0 Å². The number of nitrogens with one attached hydrogen (secondary N) is 1. The maximum atomic E-state index is 13.0. The molecule has 0 unspecified atom stereocenters. The van der Waals surface area contributed by atoms with E-state index in [1.807, 2.05) is 24.3 Å². The van der Waals surface area contributed by atoms with Gasteiger partial charge in [-0.2, -0.15) is 0 Å². The van der Waals surface area contributed by atoms with Crippen LogP contribution in [0, 0.1) is 0 Å². The highest BCUT2D eigenvalue weighted by atomic mass is 79.9. The topological polar surface area (TPSA) is 77.1 Å². The Hall–Kier alpha value is -3.00. The first kappa shape index (κ1) is 18.4. The lowest BCUT2D eigenvalue weighted by atomic mass is 9.94. The van der Waals surface area contributed by atoms with E-state index in [0.29, 0.717) is 28.5 Å². The molecule has 0 aromatic heterocycles. The first-order valence-corrected chi connectivity index (χ1v) is 9.33. The fourth-order valence-electron chi connectivity index (χ4n) is 3.39.